The van der Waals surface area contributed by atoms with E-state index in [0.717, 1.165) is 0 Å². The standard InChI is InChI=1S/C9H10ClN3O2/c1-12-9(15)13-7-4-5(10)2-3-6(7)8(11)14/h2-4H,1H3,(H2,11,14)(H2,12,13,15). The van der Waals surface area contributed by atoms with Gasteiger partial charge in [0.1, 0.15) is 0 Å². The zero-order valence-corrected chi connectivity index (χ0v) is 8.76. The second kappa shape index (κ2) is 4.65. The Balaban J connectivity index is 3.07. The minimum absolute atomic E-state index is 0.211. The maximum Gasteiger partial charge on any atom is 0.318 e. The van der Waals surface area contributed by atoms with Gasteiger partial charge >= 0.3 is 6.03 Å². The number of primary amides is 1. The molecule has 0 aliphatic heterocycles. The monoisotopic (exact) mass is 227 g/mol. The summed E-state index contributed by atoms with van der Waals surface area (Å²) in [5.41, 5.74) is 5.63. The zero-order valence-electron chi connectivity index (χ0n) is 8.00. The van der Waals surface area contributed by atoms with Crippen molar-refractivity contribution in [3.63, 3.8) is 0 Å². The average molecular weight is 228 g/mol. The number of benzene rings is 1. The van der Waals surface area contributed by atoms with Crippen molar-refractivity contribution < 1.29 is 9.59 Å². The van der Waals surface area contributed by atoms with E-state index in [0.29, 0.717) is 5.02 Å². The van der Waals surface area contributed by atoms with Crippen molar-refractivity contribution in [2.24, 2.45) is 5.73 Å². The Morgan fingerprint density at radius 1 is 1.40 bits per heavy atom. The van der Waals surface area contributed by atoms with E-state index < -0.39 is 11.9 Å². The Morgan fingerprint density at radius 3 is 2.60 bits per heavy atom. The van der Waals surface area contributed by atoms with Gasteiger partial charge < -0.3 is 16.4 Å². The lowest BCUT2D eigenvalue weighted by molar-refractivity contribution is 0.100. The van der Waals surface area contributed by atoms with E-state index in [1.54, 1.807) is 0 Å². The molecule has 0 fully saturated rings. The maximum absolute atomic E-state index is 11.0. The van der Waals surface area contributed by atoms with Gasteiger partial charge in [-0.15, -0.1) is 0 Å². The minimum Gasteiger partial charge on any atom is -0.366 e. The molecule has 1 aromatic carbocycles. The first-order chi connectivity index (χ1) is 7.04. The average Bonchev–Trinajstić information content (AvgIpc) is 2.17. The highest BCUT2D eigenvalue weighted by atomic mass is 35.5. The number of nitrogens with one attached hydrogen (secondary N) is 2. The number of anilines is 1. The van der Waals surface area contributed by atoms with Crippen LogP contribution in [-0.2, 0) is 0 Å². The molecule has 0 atom stereocenters. The number of hydrogen-bond donors (Lipinski definition) is 3. The van der Waals surface area contributed by atoms with Gasteiger partial charge in [0.15, 0.2) is 0 Å². The van der Waals surface area contributed by atoms with Crippen LogP contribution in [-0.4, -0.2) is 19.0 Å². The molecule has 0 aliphatic rings. The molecule has 0 unspecified atom stereocenters. The fourth-order valence-corrected chi connectivity index (χ4v) is 1.19. The van der Waals surface area contributed by atoms with Crippen molar-refractivity contribution in [2.75, 3.05) is 12.4 Å². The first-order valence-corrected chi connectivity index (χ1v) is 4.50. The normalized spacial score (nSPS) is 9.47. The van der Waals surface area contributed by atoms with Crippen molar-refractivity contribution in [1.82, 2.24) is 5.32 Å². The summed E-state index contributed by atoms with van der Waals surface area (Å²) >= 11 is 5.72. The maximum atomic E-state index is 11.0. The lowest BCUT2D eigenvalue weighted by Crippen LogP contribution is -2.26. The highest BCUT2D eigenvalue weighted by Crippen LogP contribution is 2.20. The lowest BCUT2D eigenvalue weighted by Gasteiger charge is -2.08. The van der Waals surface area contributed by atoms with Crippen LogP contribution in [0.4, 0.5) is 10.5 Å². The SMILES string of the molecule is CNC(=O)Nc1cc(Cl)ccc1C(N)=O. The topological polar surface area (TPSA) is 84.2 Å². The van der Waals surface area contributed by atoms with Crippen molar-refractivity contribution in [2.45, 2.75) is 0 Å². The van der Waals surface area contributed by atoms with Gasteiger partial charge in [0.2, 0.25) is 0 Å². The quantitative estimate of drug-likeness (QED) is 0.709. The molecule has 0 heterocycles. The largest absolute Gasteiger partial charge is 0.366 e. The molecule has 5 nitrogen and oxygen atoms in total. The molecule has 15 heavy (non-hydrogen) atoms. The summed E-state index contributed by atoms with van der Waals surface area (Å²) in [5, 5.41) is 5.21. The fraction of sp³-hybridized carbons (Fsp3) is 0.111. The van der Waals surface area contributed by atoms with E-state index in [-0.39, 0.29) is 11.3 Å². The third-order valence-corrected chi connectivity index (χ3v) is 1.96. The van der Waals surface area contributed by atoms with Gasteiger partial charge in [-0.1, -0.05) is 11.6 Å². The predicted molar refractivity (Wildman–Crippen MR) is 58.0 cm³/mol. The summed E-state index contributed by atoms with van der Waals surface area (Å²) in [6.07, 6.45) is 0. The Hall–Kier alpha value is -1.75. The van der Waals surface area contributed by atoms with E-state index in [4.69, 9.17) is 17.3 Å². The summed E-state index contributed by atoms with van der Waals surface area (Å²) in [5.74, 6) is -0.627. The van der Waals surface area contributed by atoms with Crippen LogP contribution in [0.25, 0.3) is 0 Å². The predicted octanol–water partition coefficient (Wildman–Crippen LogP) is 1.19. The van der Waals surface area contributed by atoms with Crippen LogP contribution in [0.3, 0.4) is 0 Å². The van der Waals surface area contributed by atoms with Gasteiger partial charge in [0, 0.05) is 12.1 Å². The van der Waals surface area contributed by atoms with Crippen LogP contribution < -0.4 is 16.4 Å². The third kappa shape index (κ3) is 2.85. The summed E-state index contributed by atoms with van der Waals surface area (Å²) in [6, 6.07) is 3.99. The zero-order chi connectivity index (χ0) is 11.4. The molecular formula is C9H10ClN3O2. The molecule has 0 aromatic heterocycles. The highest BCUT2D eigenvalue weighted by molar-refractivity contribution is 6.31. The van der Waals surface area contributed by atoms with E-state index in [9.17, 15) is 9.59 Å². The molecule has 0 aliphatic carbocycles. The summed E-state index contributed by atoms with van der Waals surface area (Å²) in [7, 11) is 1.46. The molecule has 1 rings (SSSR count). The van der Waals surface area contributed by atoms with Crippen molar-refractivity contribution in [3.05, 3.63) is 28.8 Å². The molecule has 1 aromatic rings. The molecule has 0 bridgehead atoms. The Morgan fingerprint density at radius 2 is 2.07 bits per heavy atom. The Bertz CT molecular complexity index is 406. The molecular weight excluding hydrogens is 218 g/mol. The van der Waals surface area contributed by atoms with Crippen LogP contribution in [0.2, 0.25) is 5.02 Å². The molecule has 0 radical (unpaired) electrons. The van der Waals surface area contributed by atoms with Gasteiger partial charge in [-0.3, -0.25) is 4.79 Å². The van der Waals surface area contributed by atoms with Gasteiger partial charge in [-0.2, -0.15) is 0 Å². The third-order valence-electron chi connectivity index (χ3n) is 1.72. The van der Waals surface area contributed by atoms with Crippen molar-refractivity contribution in [3.8, 4) is 0 Å². The van der Waals surface area contributed by atoms with Crippen LogP contribution in [0.5, 0.6) is 0 Å². The number of carbonyl (C=O) groups excluding carboxylic acids is 2. The van der Waals surface area contributed by atoms with Crippen LogP contribution >= 0.6 is 11.6 Å². The molecule has 3 amide bonds. The minimum atomic E-state index is -0.627. The molecule has 4 N–H and O–H groups in total. The molecule has 0 spiro atoms. The smallest absolute Gasteiger partial charge is 0.318 e. The number of rotatable bonds is 2. The van der Waals surface area contributed by atoms with E-state index in [1.165, 1.54) is 25.2 Å². The number of amides is 3. The number of nitrogens with two attached hydrogens (primary N) is 1. The van der Waals surface area contributed by atoms with Gasteiger partial charge in [0.25, 0.3) is 5.91 Å². The van der Waals surface area contributed by atoms with Crippen molar-refractivity contribution >= 4 is 29.2 Å². The van der Waals surface area contributed by atoms with Crippen LogP contribution in [0.15, 0.2) is 18.2 Å². The van der Waals surface area contributed by atoms with Crippen LogP contribution in [0, 0.1) is 0 Å². The van der Waals surface area contributed by atoms with E-state index >= 15 is 0 Å². The Labute approximate surface area is 91.6 Å². The molecule has 0 saturated carbocycles. The summed E-state index contributed by atoms with van der Waals surface area (Å²) < 4.78 is 0. The molecule has 80 valence electrons. The highest BCUT2D eigenvalue weighted by Gasteiger charge is 2.10. The second-order valence-corrected chi connectivity index (χ2v) is 3.19. The molecule has 6 heteroatoms. The first-order valence-electron chi connectivity index (χ1n) is 4.12. The fourth-order valence-electron chi connectivity index (χ4n) is 1.02. The summed E-state index contributed by atoms with van der Waals surface area (Å²) in [6.45, 7) is 0. The Kier molecular flexibility index (Phi) is 3.51. The molecule has 0 saturated heterocycles. The lowest BCUT2D eigenvalue weighted by atomic mass is 10.1. The van der Waals surface area contributed by atoms with Crippen LogP contribution in [0.1, 0.15) is 10.4 Å². The number of halogens is 1. The number of urea groups is 1. The second-order valence-electron chi connectivity index (χ2n) is 2.76. The van der Waals surface area contributed by atoms with Gasteiger partial charge in [-0.25, -0.2) is 4.79 Å². The summed E-state index contributed by atoms with van der Waals surface area (Å²) in [4.78, 5) is 22.1. The van der Waals surface area contributed by atoms with Gasteiger partial charge in [0.05, 0.1) is 11.3 Å². The van der Waals surface area contributed by atoms with Gasteiger partial charge in [-0.05, 0) is 18.2 Å². The number of hydrogen-bond acceptors (Lipinski definition) is 2. The number of carbonyl (C=O) groups is 2. The first kappa shape index (κ1) is 11.3. The van der Waals surface area contributed by atoms with Crippen molar-refractivity contribution in [1.29, 1.82) is 0 Å². The van der Waals surface area contributed by atoms with E-state index in [2.05, 4.69) is 10.6 Å². The van der Waals surface area contributed by atoms with E-state index in [1.807, 2.05) is 0 Å².